The zero-order valence-electron chi connectivity index (χ0n) is 11.2. The average Bonchev–Trinajstić information content (AvgIpc) is 2.85. The largest absolute Gasteiger partial charge is 0.483 e. The zero-order valence-corrected chi connectivity index (χ0v) is 11.2. The van der Waals surface area contributed by atoms with E-state index in [1.54, 1.807) is 6.92 Å². The van der Waals surface area contributed by atoms with Crippen LogP contribution in [-0.4, -0.2) is 15.2 Å². The van der Waals surface area contributed by atoms with Crippen molar-refractivity contribution in [1.29, 1.82) is 0 Å². The van der Waals surface area contributed by atoms with Gasteiger partial charge < -0.3 is 14.4 Å². The first-order valence-electron chi connectivity index (χ1n) is 6.42. The van der Waals surface area contributed by atoms with Gasteiger partial charge in [0.2, 0.25) is 0 Å². The van der Waals surface area contributed by atoms with Gasteiger partial charge in [0.05, 0.1) is 6.10 Å². The van der Waals surface area contributed by atoms with Crippen LogP contribution in [0.15, 0.2) is 28.8 Å². The molecule has 1 N–H and O–H groups in total. The Hall–Kier alpha value is -1.88. The van der Waals surface area contributed by atoms with Crippen molar-refractivity contribution in [3.8, 4) is 5.75 Å². The average molecular weight is 262 g/mol. The fourth-order valence-electron chi connectivity index (χ4n) is 1.77. The summed E-state index contributed by atoms with van der Waals surface area (Å²) in [5.41, 5.74) is 0.746. The van der Waals surface area contributed by atoms with Crippen LogP contribution in [0.3, 0.4) is 0 Å². The Morgan fingerprint density at radius 3 is 2.89 bits per heavy atom. The third kappa shape index (κ3) is 3.54. The molecule has 0 unspecified atom stereocenters. The molecular weight excluding hydrogens is 244 g/mol. The van der Waals surface area contributed by atoms with Crippen molar-refractivity contribution in [1.82, 2.24) is 10.1 Å². The van der Waals surface area contributed by atoms with Crippen molar-refractivity contribution in [2.75, 3.05) is 0 Å². The number of para-hydroxylation sites is 1. The van der Waals surface area contributed by atoms with Crippen LogP contribution in [0, 0.1) is 0 Å². The molecular formula is C14H18N2O3. The van der Waals surface area contributed by atoms with Crippen LogP contribution in [0.25, 0.3) is 0 Å². The van der Waals surface area contributed by atoms with E-state index < -0.39 is 6.10 Å². The predicted molar refractivity (Wildman–Crippen MR) is 69.7 cm³/mol. The van der Waals surface area contributed by atoms with E-state index in [-0.39, 0.29) is 6.61 Å². The summed E-state index contributed by atoms with van der Waals surface area (Å²) in [5.74, 6) is 1.78. The van der Waals surface area contributed by atoms with Crippen LogP contribution >= 0.6 is 0 Å². The summed E-state index contributed by atoms with van der Waals surface area (Å²) in [7, 11) is 0. The van der Waals surface area contributed by atoms with E-state index in [1.807, 2.05) is 24.3 Å². The lowest BCUT2D eigenvalue weighted by molar-refractivity contribution is 0.185. The quantitative estimate of drug-likeness (QED) is 0.866. The molecule has 2 aromatic rings. The maximum atomic E-state index is 9.64. The number of benzene rings is 1. The number of nitrogens with zero attached hydrogens (tertiary/aromatic N) is 2. The van der Waals surface area contributed by atoms with Gasteiger partial charge in [0.15, 0.2) is 12.4 Å². The Labute approximate surface area is 112 Å². The highest BCUT2D eigenvalue weighted by Crippen LogP contribution is 2.25. The second-order valence-electron chi connectivity index (χ2n) is 4.36. The van der Waals surface area contributed by atoms with Crippen LogP contribution in [-0.2, 0) is 13.0 Å². The van der Waals surface area contributed by atoms with Gasteiger partial charge in [-0.2, -0.15) is 4.98 Å². The number of aliphatic hydroxyl groups excluding tert-OH is 1. The lowest BCUT2D eigenvalue weighted by Crippen LogP contribution is -2.01. The molecule has 5 heteroatoms. The van der Waals surface area contributed by atoms with Crippen LogP contribution in [0.1, 0.15) is 43.7 Å². The molecule has 0 aliphatic carbocycles. The van der Waals surface area contributed by atoms with Crippen molar-refractivity contribution in [3.05, 3.63) is 41.5 Å². The highest BCUT2D eigenvalue weighted by Gasteiger charge is 2.10. The van der Waals surface area contributed by atoms with Crippen molar-refractivity contribution in [3.63, 3.8) is 0 Å². The number of rotatable bonds is 6. The number of hydrogen-bond donors (Lipinski definition) is 1. The molecule has 19 heavy (non-hydrogen) atoms. The standard InChI is InChI=1S/C14H18N2O3/c1-3-6-13-15-14(19-16-13)9-18-12-8-5-4-7-11(12)10(2)17/h4-5,7-8,10,17H,3,6,9H2,1-2H3/t10-/m1/s1. The maximum Gasteiger partial charge on any atom is 0.264 e. The number of aliphatic hydroxyl groups is 1. The molecule has 0 fully saturated rings. The maximum absolute atomic E-state index is 9.64. The SMILES string of the molecule is CCCc1noc(COc2ccccc2[C@@H](C)O)n1. The summed E-state index contributed by atoms with van der Waals surface area (Å²) >= 11 is 0. The van der Waals surface area contributed by atoms with Gasteiger partial charge in [-0.05, 0) is 19.4 Å². The van der Waals surface area contributed by atoms with Crippen LogP contribution in [0.2, 0.25) is 0 Å². The first-order chi connectivity index (χ1) is 9.20. The third-order valence-corrected chi connectivity index (χ3v) is 2.70. The molecule has 1 heterocycles. The summed E-state index contributed by atoms with van der Waals surface area (Å²) in [6, 6.07) is 7.36. The van der Waals surface area contributed by atoms with Crippen molar-refractivity contribution < 1.29 is 14.4 Å². The molecule has 2 rings (SSSR count). The van der Waals surface area contributed by atoms with Crippen molar-refractivity contribution in [2.45, 2.75) is 39.4 Å². The molecule has 0 aliphatic rings. The van der Waals surface area contributed by atoms with Gasteiger partial charge in [0, 0.05) is 12.0 Å². The molecule has 0 saturated carbocycles. The summed E-state index contributed by atoms with van der Waals surface area (Å²) in [6.45, 7) is 3.97. The van der Waals surface area contributed by atoms with E-state index in [0.29, 0.717) is 17.5 Å². The van der Waals surface area contributed by atoms with Crippen LogP contribution in [0.5, 0.6) is 5.75 Å². The Bertz CT molecular complexity index is 523. The molecule has 102 valence electrons. The Morgan fingerprint density at radius 2 is 2.16 bits per heavy atom. The van der Waals surface area contributed by atoms with E-state index in [1.165, 1.54) is 0 Å². The Kier molecular flexibility index (Phi) is 4.52. The zero-order chi connectivity index (χ0) is 13.7. The van der Waals surface area contributed by atoms with Gasteiger partial charge in [-0.25, -0.2) is 0 Å². The topological polar surface area (TPSA) is 68.4 Å². The second kappa shape index (κ2) is 6.33. The molecule has 0 bridgehead atoms. The van der Waals surface area contributed by atoms with Gasteiger partial charge in [-0.15, -0.1) is 0 Å². The lowest BCUT2D eigenvalue weighted by Gasteiger charge is -2.11. The minimum absolute atomic E-state index is 0.209. The van der Waals surface area contributed by atoms with E-state index in [0.717, 1.165) is 18.4 Å². The highest BCUT2D eigenvalue weighted by atomic mass is 16.5. The molecule has 1 aromatic carbocycles. The minimum Gasteiger partial charge on any atom is -0.483 e. The molecule has 1 atom stereocenters. The number of aromatic nitrogens is 2. The lowest BCUT2D eigenvalue weighted by atomic mass is 10.1. The first-order valence-corrected chi connectivity index (χ1v) is 6.42. The molecule has 0 aliphatic heterocycles. The van der Waals surface area contributed by atoms with Gasteiger partial charge in [-0.1, -0.05) is 30.3 Å². The Morgan fingerprint density at radius 1 is 1.37 bits per heavy atom. The minimum atomic E-state index is -0.575. The Balaban J connectivity index is 2.01. The molecule has 5 nitrogen and oxygen atoms in total. The number of aryl methyl sites for hydroxylation is 1. The normalized spacial score (nSPS) is 12.4. The molecule has 0 radical (unpaired) electrons. The van der Waals surface area contributed by atoms with Gasteiger partial charge in [-0.3, -0.25) is 0 Å². The first kappa shape index (κ1) is 13.5. The summed E-state index contributed by atoms with van der Waals surface area (Å²) in [4.78, 5) is 4.22. The van der Waals surface area contributed by atoms with E-state index in [9.17, 15) is 5.11 Å². The van der Waals surface area contributed by atoms with Gasteiger partial charge >= 0.3 is 0 Å². The summed E-state index contributed by atoms with van der Waals surface area (Å²) < 4.78 is 10.7. The molecule has 1 aromatic heterocycles. The highest BCUT2D eigenvalue weighted by molar-refractivity contribution is 5.34. The third-order valence-electron chi connectivity index (χ3n) is 2.70. The monoisotopic (exact) mass is 262 g/mol. The summed E-state index contributed by atoms with van der Waals surface area (Å²) in [6.07, 6.45) is 1.20. The molecule has 0 saturated heterocycles. The van der Waals surface area contributed by atoms with Crippen LogP contribution < -0.4 is 4.74 Å². The van der Waals surface area contributed by atoms with Gasteiger partial charge in [0.1, 0.15) is 5.75 Å². The fourth-order valence-corrected chi connectivity index (χ4v) is 1.77. The smallest absolute Gasteiger partial charge is 0.264 e. The van der Waals surface area contributed by atoms with Crippen LogP contribution in [0.4, 0.5) is 0 Å². The molecule has 0 amide bonds. The van der Waals surface area contributed by atoms with E-state index in [2.05, 4.69) is 17.1 Å². The van der Waals surface area contributed by atoms with Crippen molar-refractivity contribution in [2.24, 2.45) is 0 Å². The summed E-state index contributed by atoms with van der Waals surface area (Å²) in [5, 5.41) is 13.5. The fraction of sp³-hybridized carbons (Fsp3) is 0.429. The predicted octanol–water partition coefficient (Wildman–Crippen LogP) is 2.65. The number of ether oxygens (including phenoxy) is 1. The second-order valence-corrected chi connectivity index (χ2v) is 4.36. The van der Waals surface area contributed by atoms with Crippen molar-refractivity contribution >= 4 is 0 Å². The number of hydrogen-bond acceptors (Lipinski definition) is 5. The van der Waals surface area contributed by atoms with Gasteiger partial charge in [0.25, 0.3) is 5.89 Å². The van der Waals surface area contributed by atoms with E-state index >= 15 is 0 Å². The molecule has 0 spiro atoms. The van der Waals surface area contributed by atoms with E-state index in [4.69, 9.17) is 9.26 Å².